The molecule has 4 nitrogen and oxygen atoms in total. The number of aromatic nitrogens is 1. The quantitative estimate of drug-likeness (QED) is 0.283. The van der Waals surface area contributed by atoms with E-state index in [2.05, 4.69) is 10.1 Å². The number of rotatable bonds is 4. The van der Waals surface area contributed by atoms with Gasteiger partial charge < -0.3 is 10.9 Å². The van der Waals surface area contributed by atoms with Gasteiger partial charge in [0.15, 0.2) is 5.84 Å². The molecule has 1 aromatic heterocycles. The predicted octanol–water partition coefficient (Wildman–Crippen LogP) is 2.46. The first-order valence-electron chi connectivity index (χ1n) is 5.86. The lowest BCUT2D eigenvalue weighted by molar-refractivity contribution is 0.318. The van der Waals surface area contributed by atoms with Gasteiger partial charge in [0.25, 0.3) is 0 Å². The van der Waals surface area contributed by atoms with Crippen LogP contribution in [0.25, 0.3) is 0 Å². The molecule has 5 heteroatoms. The molecule has 1 heterocycles. The van der Waals surface area contributed by atoms with Gasteiger partial charge in [-0.05, 0) is 30.9 Å². The number of hydrogen-bond acceptors (Lipinski definition) is 4. The number of amidine groups is 1. The minimum Gasteiger partial charge on any atom is -0.409 e. The number of hydrogen-bond donors (Lipinski definition) is 2. The average molecular weight is 251 g/mol. The second-order valence-corrected chi connectivity index (χ2v) is 5.37. The molecular weight excluding hydrogens is 234 g/mol. The van der Waals surface area contributed by atoms with Gasteiger partial charge in [-0.1, -0.05) is 18.0 Å². The first kappa shape index (κ1) is 12.2. The van der Waals surface area contributed by atoms with Crippen LogP contribution < -0.4 is 5.73 Å². The summed E-state index contributed by atoms with van der Waals surface area (Å²) in [4.78, 5) is 4.30. The van der Waals surface area contributed by atoms with Crippen molar-refractivity contribution in [2.75, 3.05) is 5.75 Å². The van der Waals surface area contributed by atoms with Crippen LogP contribution in [0, 0.1) is 5.92 Å². The Labute approximate surface area is 105 Å². The molecule has 1 aromatic rings. The normalized spacial score (nSPS) is 17.5. The molecule has 0 amide bonds. The van der Waals surface area contributed by atoms with E-state index in [1.165, 1.54) is 25.7 Å². The Hall–Kier alpha value is -1.23. The van der Waals surface area contributed by atoms with Crippen molar-refractivity contribution in [2.24, 2.45) is 16.8 Å². The summed E-state index contributed by atoms with van der Waals surface area (Å²) in [7, 11) is 0. The van der Waals surface area contributed by atoms with Crippen LogP contribution in [0.15, 0.2) is 28.5 Å². The lowest BCUT2D eigenvalue weighted by Gasteiger charge is -2.07. The average Bonchev–Trinajstić information content (AvgIpc) is 2.89. The Morgan fingerprint density at radius 2 is 2.24 bits per heavy atom. The standard InChI is InChI=1S/C12H17N3OS/c13-12(15-16)10-5-6-11(14-7-10)17-8-9-3-1-2-4-9/h5-7,9,16H,1-4,8H2,(H2,13,15). The van der Waals surface area contributed by atoms with Crippen molar-refractivity contribution in [2.45, 2.75) is 30.7 Å². The van der Waals surface area contributed by atoms with E-state index in [0.29, 0.717) is 5.56 Å². The minimum absolute atomic E-state index is 0.102. The number of nitrogens with two attached hydrogens (primary N) is 1. The van der Waals surface area contributed by atoms with E-state index < -0.39 is 0 Å². The molecular formula is C12H17N3OS. The van der Waals surface area contributed by atoms with E-state index in [1.54, 1.807) is 18.0 Å². The fraction of sp³-hybridized carbons (Fsp3) is 0.500. The van der Waals surface area contributed by atoms with Crippen LogP contribution >= 0.6 is 11.8 Å². The second-order valence-electron chi connectivity index (χ2n) is 4.33. The van der Waals surface area contributed by atoms with Gasteiger partial charge >= 0.3 is 0 Å². The van der Waals surface area contributed by atoms with Crippen molar-refractivity contribution in [3.63, 3.8) is 0 Å². The topological polar surface area (TPSA) is 71.5 Å². The Morgan fingerprint density at radius 1 is 1.47 bits per heavy atom. The molecule has 0 bridgehead atoms. The van der Waals surface area contributed by atoms with Crippen LogP contribution in [0.3, 0.4) is 0 Å². The van der Waals surface area contributed by atoms with Gasteiger partial charge in [0.05, 0.1) is 5.03 Å². The summed E-state index contributed by atoms with van der Waals surface area (Å²) < 4.78 is 0. The van der Waals surface area contributed by atoms with Gasteiger partial charge in [0.2, 0.25) is 0 Å². The highest BCUT2D eigenvalue weighted by molar-refractivity contribution is 7.99. The summed E-state index contributed by atoms with van der Waals surface area (Å²) in [6.45, 7) is 0. The van der Waals surface area contributed by atoms with Crippen molar-refractivity contribution in [1.82, 2.24) is 4.98 Å². The molecule has 1 aliphatic carbocycles. The lowest BCUT2D eigenvalue weighted by atomic mass is 10.1. The Kier molecular flexibility index (Phi) is 4.25. The maximum Gasteiger partial charge on any atom is 0.171 e. The van der Waals surface area contributed by atoms with Crippen LogP contribution in [0.1, 0.15) is 31.2 Å². The van der Waals surface area contributed by atoms with E-state index in [4.69, 9.17) is 10.9 Å². The molecule has 2 rings (SSSR count). The third-order valence-corrected chi connectivity index (χ3v) is 4.26. The molecule has 3 N–H and O–H groups in total. The first-order chi connectivity index (χ1) is 8.29. The molecule has 17 heavy (non-hydrogen) atoms. The minimum atomic E-state index is 0.102. The second kappa shape index (κ2) is 5.91. The molecule has 1 aliphatic rings. The number of nitrogens with zero attached hydrogens (tertiary/aromatic N) is 2. The van der Waals surface area contributed by atoms with Gasteiger partial charge in [0.1, 0.15) is 0 Å². The molecule has 1 fully saturated rings. The molecule has 0 saturated heterocycles. The molecule has 0 atom stereocenters. The van der Waals surface area contributed by atoms with Crippen LogP contribution in [-0.4, -0.2) is 21.8 Å². The van der Waals surface area contributed by atoms with Crippen molar-refractivity contribution >= 4 is 17.6 Å². The van der Waals surface area contributed by atoms with E-state index in [9.17, 15) is 0 Å². The van der Waals surface area contributed by atoms with Crippen molar-refractivity contribution in [3.05, 3.63) is 23.9 Å². The van der Waals surface area contributed by atoms with Crippen LogP contribution in [0.2, 0.25) is 0 Å². The summed E-state index contributed by atoms with van der Waals surface area (Å²) >= 11 is 1.79. The van der Waals surface area contributed by atoms with E-state index in [1.807, 2.05) is 12.1 Å². The Bertz CT molecular complexity index is 385. The third kappa shape index (κ3) is 3.36. The van der Waals surface area contributed by atoms with Gasteiger partial charge in [-0.15, -0.1) is 11.8 Å². The van der Waals surface area contributed by atoms with Crippen LogP contribution in [0.4, 0.5) is 0 Å². The number of thioether (sulfide) groups is 1. The molecule has 0 aliphatic heterocycles. The molecule has 0 aromatic carbocycles. The Balaban J connectivity index is 1.89. The fourth-order valence-corrected chi connectivity index (χ4v) is 3.09. The monoisotopic (exact) mass is 251 g/mol. The number of oxime groups is 1. The molecule has 0 spiro atoms. The molecule has 92 valence electrons. The van der Waals surface area contributed by atoms with E-state index >= 15 is 0 Å². The van der Waals surface area contributed by atoms with Crippen molar-refractivity contribution in [1.29, 1.82) is 0 Å². The van der Waals surface area contributed by atoms with Gasteiger partial charge in [-0.2, -0.15) is 0 Å². The molecule has 1 saturated carbocycles. The summed E-state index contributed by atoms with van der Waals surface area (Å²) in [5, 5.41) is 12.5. The lowest BCUT2D eigenvalue weighted by Crippen LogP contribution is -2.13. The van der Waals surface area contributed by atoms with Crippen LogP contribution in [-0.2, 0) is 0 Å². The highest BCUT2D eigenvalue weighted by Crippen LogP contribution is 2.30. The molecule has 0 radical (unpaired) electrons. The van der Waals surface area contributed by atoms with Gasteiger partial charge in [-0.3, -0.25) is 0 Å². The van der Waals surface area contributed by atoms with Gasteiger partial charge in [-0.25, -0.2) is 4.98 Å². The predicted molar refractivity (Wildman–Crippen MR) is 69.4 cm³/mol. The zero-order valence-electron chi connectivity index (χ0n) is 9.67. The van der Waals surface area contributed by atoms with Crippen LogP contribution in [0.5, 0.6) is 0 Å². The number of pyridine rings is 1. The third-order valence-electron chi connectivity index (χ3n) is 3.08. The summed E-state index contributed by atoms with van der Waals surface area (Å²) in [5.41, 5.74) is 6.12. The van der Waals surface area contributed by atoms with E-state index in [0.717, 1.165) is 16.7 Å². The zero-order chi connectivity index (χ0) is 12.1. The van der Waals surface area contributed by atoms with E-state index in [-0.39, 0.29) is 5.84 Å². The maximum absolute atomic E-state index is 8.53. The highest BCUT2D eigenvalue weighted by atomic mass is 32.2. The first-order valence-corrected chi connectivity index (χ1v) is 6.85. The summed E-state index contributed by atoms with van der Waals surface area (Å²) in [6, 6.07) is 3.76. The van der Waals surface area contributed by atoms with Gasteiger partial charge in [0, 0.05) is 17.5 Å². The SMILES string of the molecule is NC(=NO)c1ccc(SCC2CCCC2)nc1. The molecule has 0 unspecified atom stereocenters. The Morgan fingerprint density at radius 3 is 2.82 bits per heavy atom. The summed E-state index contributed by atoms with van der Waals surface area (Å²) in [6.07, 6.45) is 7.11. The fourth-order valence-electron chi connectivity index (χ4n) is 2.06. The summed E-state index contributed by atoms with van der Waals surface area (Å²) in [5.74, 6) is 2.10. The smallest absolute Gasteiger partial charge is 0.171 e. The largest absolute Gasteiger partial charge is 0.409 e. The zero-order valence-corrected chi connectivity index (χ0v) is 10.5. The maximum atomic E-state index is 8.53. The highest BCUT2D eigenvalue weighted by Gasteiger charge is 2.15. The van der Waals surface area contributed by atoms with Crippen molar-refractivity contribution < 1.29 is 5.21 Å². The van der Waals surface area contributed by atoms with Crippen molar-refractivity contribution in [3.8, 4) is 0 Å².